The summed E-state index contributed by atoms with van der Waals surface area (Å²) in [5.74, 6) is 0.731. The monoisotopic (exact) mass is 636 g/mol. The molecule has 1 atom stereocenters. The van der Waals surface area contributed by atoms with E-state index >= 15 is 0 Å². The number of nitrogens with zero attached hydrogens (tertiary/aromatic N) is 2. The normalized spacial score (nSPS) is 15.0. The van der Waals surface area contributed by atoms with Crippen LogP contribution in [0, 0.1) is 0 Å². The van der Waals surface area contributed by atoms with Gasteiger partial charge in [-0.1, -0.05) is 158 Å². The average molecular weight is 637 g/mol. The highest BCUT2D eigenvalue weighted by atomic mass is 14.9. The molecule has 1 aliphatic carbocycles. The Bertz CT molecular complexity index is 2770. The van der Waals surface area contributed by atoms with Crippen molar-refractivity contribution in [3.8, 4) is 45.0 Å². The van der Waals surface area contributed by atoms with Gasteiger partial charge >= 0.3 is 0 Å². The third kappa shape index (κ3) is 4.28. The summed E-state index contributed by atoms with van der Waals surface area (Å²) in [6.07, 6.45) is 0. The lowest BCUT2D eigenvalue weighted by molar-refractivity contribution is 0.714. The Morgan fingerprint density at radius 3 is 1.86 bits per heavy atom. The second-order valence-electron chi connectivity index (χ2n) is 13.5. The lowest BCUT2D eigenvalue weighted by atomic mass is 9.74. The Hall–Kier alpha value is -6.38. The predicted octanol–water partition coefficient (Wildman–Crippen LogP) is 12.3. The second kappa shape index (κ2) is 11.1. The maximum absolute atomic E-state index is 5.47. The summed E-state index contributed by atoms with van der Waals surface area (Å²) in [4.78, 5) is 10.8. The van der Waals surface area contributed by atoms with Crippen LogP contribution in [0.5, 0.6) is 0 Å². The number of fused-ring (bicyclic) bond motifs is 7. The van der Waals surface area contributed by atoms with Gasteiger partial charge in [0.15, 0.2) is 5.82 Å². The third-order valence-corrected chi connectivity index (χ3v) is 10.7. The van der Waals surface area contributed by atoms with E-state index in [4.69, 9.17) is 9.97 Å². The Kier molecular flexibility index (Phi) is 6.34. The zero-order chi connectivity index (χ0) is 33.2. The number of aromatic nitrogens is 2. The van der Waals surface area contributed by atoms with Crippen LogP contribution in [-0.4, -0.2) is 9.97 Å². The number of hydrogen-bond donors (Lipinski definition) is 0. The summed E-state index contributed by atoms with van der Waals surface area (Å²) in [6, 6.07) is 63.3. The van der Waals surface area contributed by atoms with Crippen molar-refractivity contribution < 1.29 is 0 Å². The van der Waals surface area contributed by atoms with Gasteiger partial charge in [-0.15, -0.1) is 0 Å². The molecule has 234 valence electrons. The molecule has 0 bridgehead atoms. The van der Waals surface area contributed by atoms with Crippen molar-refractivity contribution >= 4 is 32.3 Å². The maximum Gasteiger partial charge on any atom is 0.161 e. The predicted molar refractivity (Wildman–Crippen MR) is 208 cm³/mol. The molecule has 1 aromatic heterocycles. The molecule has 9 aromatic rings. The van der Waals surface area contributed by atoms with Crippen LogP contribution >= 0.6 is 0 Å². The molecular weight excluding hydrogens is 605 g/mol. The summed E-state index contributed by atoms with van der Waals surface area (Å²) in [6.45, 7) is 2.36. The topological polar surface area (TPSA) is 25.8 Å². The van der Waals surface area contributed by atoms with Crippen molar-refractivity contribution in [3.63, 3.8) is 0 Å². The van der Waals surface area contributed by atoms with Gasteiger partial charge in [0.05, 0.1) is 11.4 Å². The van der Waals surface area contributed by atoms with Crippen LogP contribution < -0.4 is 0 Å². The van der Waals surface area contributed by atoms with E-state index in [2.05, 4.69) is 183 Å². The Labute approximate surface area is 291 Å². The minimum absolute atomic E-state index is 0.249. The number of benzene rings is 8. The SMILES string of the molecule is CC1(c2ccccc2)c2ccccc2-c2cc(-c3cc(-c4ccccc4)nc(-c4c5ccccc5cc5ccc6ccccc6c45)n3)ccc21. The van der Waals surface area contributed by atoms with Gasteiger partial charge in [0.2, 0.25) is 0 Å². The zero-order valence-corrected chi connectivity index (χ0v) is 27.6. The lowest BCUT2D eigenvalue weighted by Gasteiger charge is -2.28. The first kappa shape index (κ1) is 28.6. The van der Waals surface area contributed by atoms with Crippen molar-refractivity contribution in [1.29, 1.82) is 0 Å². The van der Waals surface area contributed by atoms with E-state index < -0.39 is 0 Å². The van der Waals surface area contributed by atoms with Gasteiger partial charge in [-0.2, -0.15) is 0 Å². The molecule has 1 aliphatic rings. The summed E-state index contributed by atoms with van der Waals surface area (Å²) in [5, 5.41) is 7.09. The molecule has 0 amide bonds. The van der Waals surface area contributed by atoms with E-state index in [0.29, 0.717) is 0 Å². The smallest absolute Gasteiger partial charge is 0.161 e. The molecule has 2 heteroatoms. The van der Waals surface area contributed by atoms with Crippen LogP contribution in [0.15, 0.2) is 176 Å². The molecule has 0 aliphatic heterocycles. The van der Waals surface area contributed by atoms with Crippen LogP contribution in [0.1, 0.15) is 23.6 Å². The Morgan fingerprint density at radius 2 is 1.04 bits per heavy atom. The molecule has 0 N–H and O–H groups in total. The molecule has 0 spiro atoms. The first-order valence-electron chi connectivity index (χ1n) is 17.3. The molecule has 1 heterocycles. The lowest BCUT2D eigenvalue weighted by Crippen LogP contribution is -2.22. The van der Waals surface area contributed by atoms with E-state index in [-0.39, 0.29) is 5.41 Å². The van der Waals surface area contributed by atoms with E-state index in [0.717, 1.165) is 39.3 Å². The zero-order valence-electron chi connectivity index (χ0n) is 27.6. The van der Waals surface area contributed by atoms with E-state index in [1.807, 2.05) is 0 Å². The second-order valence-corrected chi connectivity index (χ2v) is 13.5. The standard InChI is InChI=1S/C48H32N2/c1-48(36-18-6-3-7-19-36)41-23-13-12-22-39(41)40-29-34(26-27-42(40)48)44-30-43(32-15-4-2-5-16-32)49-47(50-44)46-38-21-11-9-17-33(38)28-35-25-24-31-14-8-10-20-37(31)45(35)46/h2-30H,1H3. The molecule has 50 heavy (non-hydrogen) atoms. The first-order chi connectivity index (χ1) is 24.7. The van der Waals surface area contributed by atoms with Gasteiger partial charge in [-0.25, -0.2) is 9.97 Å². The van der Waals surface area contributed by atoms with Crippen LogP contribution in [0.25, 0.3) is 77.3 Å². The summed E-state index contributed by atoms with van der Waals surface area (Å²) in [5.41, 5.74) is 11.3. The van der Waals surface area contributed by atoms with Crippen LogP contribution in [0.2, 0.25) is 0 Å². The fourth-order valence-electron chi connectivity index (χ4n) is 8.28. The van der Waals surface area contributed by atoms with Gasteiger partial charge in [0.1, 0.15) is 0 Å². The van der Waals surface area contributed by atoms with E-state index in [1.165, 1.54) is 54.7 Å². The van der Waals surface area contributed by atoms with Gasteiger partial charge in [-0.3, -0.25) is 0 Å². The van der Waals surface area contributed by atoms with Gasteiger partial charge in [-0.05, 0) is 79.9 Å². The van der Waals surface area contributed by atoms with E-state index in [9.17, 15) is 0 Å². The number of hydrogen-bond acceptors (Lipinski definition) is 2. The molecule has 0 saturated carbocycles. The van der Waals surface area contributed by atoms with Gasteiger partial charge in [0.25, 0.3) is 0 Å². The number of rotatable bonds is 4. The van der Waals surface area contributed by atoms with Crippen molar-refractivity contribution in [2.75, 3.05) is 0 Å². The minimum Gasteiger partial charge on any atom is -0.228 e. The van der Waals surface area contributed by atoms with Crippen molar-refractivity contribution in [1.82, 2.24) is 9.97 Å². The largest absolute Gasteiger partial charge is 0.228 e. The van der Waals surface area contributed by atoms with Crippen molar-refractivity contribution in [2.24, 2.45) is 0 Å². The van der Waals surface area contributed by atoms with Crippen LogP contribution in [0.3, 0.4) is 0 Å². The molecule has 8 aromatic carbocycles. The molecule has 10 rings (SSSR count). The highest BCUT2D eigenvalue weighted by Gasteiger charge is 2.40. The average Bonchev–Trinajstić information content (AvgIpc) is 3.45. The summed E-state index contributed by atoms with van der Waals surface area (Å²) in [7, 11) is 0. The summed E-state index contributed by atoms with van der Waals surface area (Å²) >= 11 is 0. The third-order valence-electron chi connectivity index (χ3n) is 10.7. The van der Waals surface area contributed by atoms with E-state index in [1.54, 1.807) is 0 Å². The van der Waals surface area contributed by atoms with Gasteiger partial charge < -0.3 is 0 Å². The van der Waals surface area contributed by atoms with Crippen LogP contribution in [-0.2, 0) is 5.41 Å². The highest BCUT2D eigenvalue weighted by molar-refractivity contribution is 6.21. The first-order valence-corrected chi connectivity index (χ1v) is 17.3. The molecule has 0 fully saturated rings. The molecular formula is C48H32N2. The molecule has 0 radical (unpaired) electrons. The fraction of sp³-hybridized carbons (Fsp3) is 0.0417. The van der Waals surface area contributed by atoms with Crippen molar-refractivity contribution in [2.45, 2.75) is 12.3 Å². The molecule has 2 nitrogen and oxygen atoms in total. The minimum atomic E-state index is -0.249. The summed E-state index contributed by atoms with van der Waals surface area (Å²) < 4.78 is 0. The Morgan fingerprint density at radius 1 is 0.420 bits per heavy atom. The Balaban J connectivity index is 1.26. The van der Waals surface area contributed by atoms with Crippen molar-refractivity contribution in [3.05, 3.63) is 193 Å². The fourth-order valence-corrected chi connectivity index (χ4v) is 8.28. The quantitative estimate of drug-likeness (QED) is 0.142. The maximum atomic E-state index is 5.47. The van der Waals surface area contributed by atoms with Gasteiger partial charge in [0, 0.05) is 27.5 Å². The molecule has 0 saturated heterocycles. The van der Waals surface area contributed by atoms with Crippen LogP contribution in [0.4, 0.5) is 0 Å². The molecule has 1 unspecified atom stereocenters. The highest BCUT2D eigenvalue weighted by Crippen LogP contribution is 2.53.